The largest absolute Gasteiger partial charge is 0.507 e. The minimum atomic E-state index is -2.96. The van der Waals surface area contributed by atoms with Gasteiger partial charge in [0.25, 0.3) is 0 Å². The number of rotatable bonds is 6. The van der Waals surface area contributed by atoms with Gasteiger partial charge in [0.05, 0.1) is 24.2 Å². The lowest BCUT2D eigenvalue weighted by atomic mass is 9.52. The molecule has 0 heterocycles. The molecule has 2 saturated carbocycles. The lowest BCUT2D eigenvalue weighted by Gasteiger charge is -2.51. The Hall–Kier alpha value is -3.70. The molecule has 5 N–H and O–H groups in total. The van der Waals surface area contributed by atoms with Crippen molar-refractivity contribution in [3.8, 4) is 5.75 Å². The molecule has 1 aromatic rings. The second kappa shape index (κ2) is 9.64. The Morgan fingerprint density at radius 1 is 1.16 bits per heavy atom. The number of fused-ring (bicyclic) bond motifs is 3. The minimum absolute atomic E-state index is 0.0660. The molecule has 0 bridgehead atoms. The van der Waals surface area contributed by atoms with Crippen LogP contribution in [0.3, 0.4) is 0 Å². The summed E-state index contributed by atoms with van der Waals surface area (Å²) >= 11 is 0. The number of hydrogen-bond acceptors (Lipinski definition) is 10. The molecule has 11 nitrogen and oxygen atoms in total. The van der Waals surface area contributed by atoms with Gasteiger partial charge in [0, 0.05) is 29.9 Å². The molecule has 3 aliphatic carbocycles. The molecule has 1 aromatic carbocycles. The molecule has 0 aliphatic heterocycles. The van der Waals surface area contributed by atoms with Crippen LogP contribution in [0.2, 0.25) is 0 Å². The number of esters is 1. The number of nitrogens with two attached hydrogens (primary N) is 1. The summed E-state index contributed by atoms with van der Waals surface area (Å²) < 4.78 is 5.02. The SMILES string of the molecule is CCCCOC(=O)C=Cc1ccc2c(c1O)C(=O)C1C(=O)[C@]3(O)C(=O)C(C(N)=O)C(=O)C[C@@H]3[C@@H](O)[C@@H]1C2. The van der Waals surface area contributed by atoms with Crippen LogP contribution in [0.5, 0.6) is 5.75 Å². The maximum Gasteiger partial charge on any atom is 0.330 e. The van der Waals surface area contributed by atoms with Gasteiger partial charge in [-0.05, 0) is 24.5 Å². The summed E-state index contributed by atoms with van der Waals surface area (Å²) in [7, 11) is 0. The molecule has 37 heavy (non-hydrogen) atoms. The summed E-state index contributed by atoms with van der Waals surface area (Å²) in [6.07, 6.45) is 1.54. The highest BCUT2D eigenvalue weighted by Gasteiger charge is 2.69. The molecule has 0 saturated heterocycles. The highest BCUT2D eigenvalue weighted by molar-refractivity contribution is 6.31. The Labute approximate surface area is 211 Å². The smallest absolute Gasteiger partial charge is 0.330 e. The number of carbonyl (C=O) groups excluding carboxylic acids is 6. The molecule has 196 valence electrons. The van der Waals surface area contributed by atoms with Crippen LogP contribution in [-0.4, -0.2) is 68.6 Å². The van der Waals surface area contributed by atoms with Crippen molar-refractivity contribution < 1.29 is 48.8 Å². The van der Waals surface area contributed by atoms with E-state index in [2.05, 4.69) is 0 Å². The minimum Gasteiger partial charge on any atom is -0.507 e. The number of primary amides is 1. The third kappa shape index (κ3) is 4.08. The third-order valence-electron chi connectivity index (χ3n) is 7.56. The Morgan fingerprint density at radius 2 is 1.86 bits per heavy atom. The highest BCUT2D eigenvalue weighted by Crippen LogP contribution is 2.50. The van der Waals surface area contributed by atoms with Crippen molar-refractivity contribution in [2.75, 3.05) is 6.61 Å². The number of benzene rings is 1. The molecule has 0 aromatic heterocycles. The van der Waals surface area contributed by atoms with Crippen LogP contribution in [-0.2, 0) is 35.1 Å². The van der Waals surface area contributed by atoms with Gasteiger partial charge >= 0.3 is 5.97 Å². The second-order valence-corrected chi connectivity index (χ2v) is 9.70. The maximum atomic E-state index is 13.5. The molecule has 11 heteroatoms. The number of aliphatic hydroxyl groups is 2. The Morgan fingerprint density at radius 3 is 2.51 bits per heavy atom. The molecule has 4 rings (SSSR count). The van der Waals surface area contributed by atoms with Gasteiger partial charge in [0.2, 0.25) is 5.91 Å². The highest BCUT2D eigenvalue weighted by atomic mass is 16.5. The molecule has 0 radical (unpaired) electrons. The summed E-state index contributed by atoms with van der Waals surface area (Å²) in [5, 5.41) is 33.1. The van der Waals surface area contributed by atoms with Gasteiger partial charge in [0.1, 0.15) is 5.75 Å². The monoisotopic (exact) mass is 513 g/mol. The normalized spacial score (nSPS) is 31.1. The van der Waals surface area contributed by atoms with Crippen molar-refractivity contribution in [2.45, 2.75) is 44.3 Å². The van der Waals surface area contributed by atoms with Gasteiger partial charge in [-0.25, -0.2) is 4.79 Å². The van der Waals surface area contributed by atoms with E-state index in [0.717, 1.165) is 12.5 Å². The van der Waals surface area contributed by atoms with E-state index < -0.39 is 82.6 Å². The van der Waals surface area contributed by atoms with E-state index in [1.54, 1.807) is 0 Å². The van der Waals surface area contributed by atoms with Crippen molar-refractivity contribution in [3.63, 3.8) is 0 Å². The van der Waals surface area contributed by atoms with Crippen molar-refractivity contribution in [1.29, 1.82) is 0 Å². The van der Waals surface area contributed by atoms with Crippen molar-refractivity contribution in [2.24, 2.45) is 29.4 Å². The Kier molecular flexibility index (Phi) is 6.87. The number of phenolic OH excluding ortho intramolecular Hbond substituents is 1. The predicted octanol–water partition coefficient (Wildman–Crippen LogP) is -0.346. The summed E-state index contributed by atoms with van der Waals surface area (Å²) in [6.45, 7) is 2.16. The van der Waals surface area contributed by atoms with Gasteiger partial charge in [-0.1, -0.05) is 25.5 Å². The van der Waals surface area contributed by atoms with Crippen LogP contribution < -0.4 is 5.73 Å². The fraction of sp³-hybridized carbons (Fsp3) is 0.462. The van der Waals surface area contributed by atoms with Gasteiger partial charge in [-0.3, -0.25) is 24.0 Å². The number of ether oxygens (including phenoxy) is 1. The zero-order valence-electron chi connectivity index (χ0n) is 20.0. The number of unbranched alkanes of at least 4 members (excludes halogenated alkanes) is 1. The van der Waals surface area contributed by atoms with Crippen LogP contribution in [0.1, 0.15) is 47.7 Å². The van der Waals surface area contributed by atoms with E-state index >= 15 is 0 Å². The number of aromatic hydroxyl groups is 1. The summed E-state index contributed by atoms with van der Waals surface area (Å²) in [5.41, 5.74) is 2.35. The molecule has 2 unspecified atom stereocenters. The number of aliphatic hydroxyl groups excluding tert-OH is 1. The zero-order chi connectivity index (χ0) is 27.2. The van der Waals surface area contributed by atoms with Crippen molar-refractivity contribution in [1.82, 2.24) is 0 Å². The summed E-state index contributed by atoms with van der Waals surface area (Å²) in [4.78, 5) is 75.9. The van der Waals surface area contributed by atoms with Gasteiger partial charge in [-0.15, -0.1) is 0 Å². The summed E-state index contributed by atoms with van der Waals surface area (Å²) in [6, 6.07) is 2.96. The first-order chi connectivity index (χ1) is 17.4. The van der Waals surface area contributed by atoms with E-state index in [1.807, 2.05) is 6.92 Å². The fourth-order valence-electron chi connectivity index (χ4n) is 5.63. The van der Waals surface area contributed by atoms with Crippen LogP contribution in [0, 0.1) is 23.7 Å². The number of ketones is 4. The van der Waals surface area contributed by atoms with Crippen molar-refractivity contribution >= 4 is 41.1 Å². The van der Waals surface area contributed by atoms with E-state index in [0.29, 0.717) is 12.0 Å². The van der Waals surface area contributed by atoms with Gasteiger partial charge in [0.15, 0.2) is 34.7 Å². The molecular weight excluding hydrogens is 486 g/mol. The average Bonchev–Trinajstić information content (AvgIpc) is 2.84. The second-order valence-electron chi connectivity index (χ2n) is 9.70. The van der Waals surface area contributed by atoms with Crippen LogP contribution in [0.4, 0.5) is 0 Å². The first-order valence-electron chi connectivity index (χ1n) is 12.0. The van der Waals surface area contributed by atoms with Crippen molar-refractivity contribution in [3.05, 3.63) is 34.9 Å². The first kappa shape index (κ1) is 26.4. The van der Waals surface area contributed by atoms with Crippen LogP contribution >= 0.6 is 0 Å². The number of hydrogen-bond donors (Lipinski definition) is 4. The van der Waals surface area contributed by atoms with E-state index in [4.69, 9.17) is 10.5 Å². The first-order valence-corrected chi connectivity index (χ1v) is 12.0. The fourth-order valence-corrected chi connectivity index (χ4v) is 5.63. The van der Waals surface area contributed by atoms with Crippen LogP contribution in [0.25, 0.3) is 6.08 Å². The number of amides is 1. The lowest BCUT2D eigenvalue weighted by Crippen LogP contribution is -2.72. The lowest BCUT2D eigenvalue weighted by molar-refractivity contribution is -0.188. The van der Waals surface area contributed by atoms with Crippen LogP contribution in [0.15, 0.2) is 18.2 Å². The molecular formula is C26H27NO10. The Bertz CT molecular complexity index is 1250. The Balaban J connectivity index is 1.70. The molecule has 0 spiro atoms. The number of Topliss-reactive ketones (excluding diaryl/α,β-unsaturated/α-hetero) is 4. The topological polar surface area (TPSA) is 198 Å². The molecule has 2 fully saturated rings. The average molecular weight is 513 g/mol. The zero-order valence-corrected chi connectivity index (χ0v) is 20.0. The van der Waals surface area contributed by atoms with E-state index in [1.165, 1.54) is 18.2 Å². The maximum absolute atomic E-state index is 13.5. The summed E-state index contributed by atoms with van der Waals surface area (Å²) in [5.74, 6) is -13.4. The van der Waals surface area contributed by atoms with E-state index in [-0.39, 0.29) is 24.2 Å². The third-order valence-corrected chi connectivity index (χ3v) is 7.56. The van der Waals surface area contributed by atoms with Gasteiger partial charge in [-0.2, -0.15) is 0 Å². The quantitative estimate of drug-likeness (QED) is 0.169. The molecule has 1 amide bonds. The number of carbonyl (C=O) groups is 6. The number of phenols is 1. The van der Waals surface area contributed by atoms with Gasteiger partial charge < -0.3 is 25.8 Å². The molecule has 3 aliphatic rings. The molecule has 6 atom stereocenters. The predicted molar refractivity (Wildman–Crippen MR) is 125 cm³/mol. The van der Waals surface area contributed by atoms with E-state index in [9.17, 15) is 44.1 Å². The standard InChI is InChI=1S/C26H27NO10/c1-2-3-8-37-16(29)7-6-11-4-5-12-9-13-18(22(32)17(12)20(11)30)23(33)26(36)14(21(13)31)10-15(28)19(24(26)34)25(27)35/h4-7,13-14,18-19,21,30-31,36H,2-3,8-10H2,1H3,(H2,27,35)/t13-,14-,18?,19?,21+,26+/m1/s1.